The third kappa shape index (κ3) is 1.68. The van der Waals surface area contributed by atoms with E-state index in [0.717, 1.165) is 12.1 Å². The largest absolute Gasteiger partial charge is 0.362 e. The van der Waals surface area contributed by atoms with Crippen molar-refractivity contribution < 1.29 is 4.79 Å². The first-order valence-electron chi connectivity index (χ1n) is 1.98. The molecule has 0 spiro atoms. The molecule has 0 amide bonds. The second-order valence-corrected chi connectivity index (χ2v) is 1.19. The van der Waals surface area contributed by atoms with Crippen molar-refractivity contribution in [3.05, 3.63) is 5.53 Å². The summed E-state index contributed by atoms with van der Waals surface area (Å²) in [5, 5.41) is 0. The van der Waals surface area contributed by atoms with Crippen LogP contribution in [0.25, 0.3) is 5.53 Å². The Balaban J connectivity index is 3.52. The minimum absolute atomic E-state index is 0.773. The summed E-state index contributed by atoms with van der Waals surface area (Å²) in [6.07, 6.45) is 0.830. The Morgan fingerprint density at radius 3 is 2.33 bits per heavy atom. The van der Waals surface area contributed by atoms with Gasteiger partial charge in [-0.3, -0.25) is 0 Å². The van der Waals surface area contributed by atoms with E-state index in [2.05, 4.69) is 4.79 Å². The molecule has 0 radical (unpaired) electrons. The van der Waals surface area contributed by atoms with Crippen LogP contribution in [0.2, 0.25) is 0 Å². The van der Waals surface area contributed by atoms with Gasteiger partial charge in [-0.2, -0.15) is 4.79 Å². The predicted octanol–water partition coefficient (Wildman–Crippen LogP) is 1.09. The van der Waals surface area contributed by atoms with E-state index in [-0.39, 0.29) is 0 Å². The zero-order valence-corrected chi connectivity index (χ0v) is 4.10. The van der Waals surface area contributed by atoms with Crippen LogP contribution in [0.15, 0.2) is 0 Å². The normalized spacial score (nSPS) is 7.00. The second kappa shape index (κ2) is 2.61. The fraction of sp³-hybridized carbons (Fsp3) is 0.750. The minimum Gasteiger partial charge on any atom is -0.362 e. The van der Waals surface area contributed by atoms with E-state index in [9.17, 15) is 0 Å². The van der Waals surface area contributed by atoms with Gasteiger partial charge in [0, 0.05) is 13.3 Å². The van der Waals surface area contributed by atoms with Crippen molar-refractivity contribution in [2.75, 3.05) is 0 Å². The molecule has 0 N–H and O–H groups in total. The van der Waals surface area contributed by atoms with Gasteiger partial charge in [0.2, 0.25) is 0 Å². The standard InChI is InChI=1S/C4H8N2/c1-3-4(2)6-5/h3H2,1-2H3. The minimum atomic E-state index is 0.773. The van der Waals surface area contributed by atoms with E-state index in [4.69, 9.17) is 5.53 Å². The average molecular weight is 84.1 g/mol. The summed E-state index contributed by atoms with van der Waals surface area (Å²) in [7, 11) is 0. The van der Waals surface area contributed by atoms with Gasteiger partial charge in [-0.05, 0) is 0 Å². The first-order valence-corrected chi connectivity index (χ1v) is 1.98. The Labute approximate surface area is 37.4 Å². The summed E-state index contributed by atoms with van der Waals surface area (Å²) in [4.78, 5) is 2.92. The molecule has 0 saturated carbocycles. The van der Waals surface area contributed by atoms with Crippen LogP contribution < -0.4 is 0 Å². The molecular formula is C4H8N2. The molecule has 0 unspecified atom stereocenters. The lowest BCUT2D eigenvalue weighted by molar-refractivity contribution is -0.00846. The molecule has 0 bridgehead atoms. The Morgan fingerprint density at radius 1 is 1.83 bits per heavy atom. The summed E-state index contributed by atoms with van der Waals surface area (Å²) >= 11 is 0. The maximum Gasteiger partial charge on any atom is 0.265 e. The number of rotatable bonds is 1. The summed E-state index contributed by atoms with van der Waals surface area (Å²) in [6.45, 7) is 3.72. The highest BCUT2D eigenvalue weighted by atomic mass is 14.8. The number of hydrogen-bond donors (Lipinski definition) is 0. The molecule has 0 aliphatic rings. The van der Waals surface area contributed by atoms with Crippen LogP contribution >= 0.6 is 0 Å². The molecule has 0 saturated heterocycles. The van der Waals surface area contributed by atoms with Gasteiger partial charge in [0.15, 0.2) is 0 Å². The smallest absolute Gasteiger partial charge is 0.265 e. The summed E-state index contributed by atoms with van der Waals surface area (Å²) in [5.74, 6) is 0. The van der Waals surface area contributed by atoms with Crippen LogP contribution in [0.3, 0.4) is 0 Å². The molecule has 0 rings (SSSR count). The van der Waals surface area contributed by atoms with Gasteiger partial charge in [-0.1, -0.05) is 6.92 Å². The first kappa shape index (κ1) is 5.38. The second-order valence-electron chi connectivity index (χ2n) is 1.19. The van der Waals surface area contributed by atoms with E-state index >= 15 is 0 Å². The molecule has 0 aliphatic heterocycles. The molecule has 34 valence electrons. The van der Waals surface area contributed by atoms with Crippen molar-refractivity contribution >= 4 is 5.71 Å². The highest BCUT2D eigenvalue weighted by Crippen LogP contribution is 1.72. The van der Waals surface area contributed by atoms with E-state index in [1.54, 1.807) is 6.92 Å². The Hall–Kier alpha value is -0.620. The zero-order valence-electron chi connectivity index (χ0n) is 4.10. The maximum atomic E-state index is 7.92. The Kier molecular flexibility index (Phi) is 2.34. The topological polar surface area (TPSA) is 36.4 Å². The van der Waals surface area contributed by atoms with E-state index in [0.29, 0.717) is 0 Å². The molecule has 6 heavy (non-hydrogen) atoms. The molecule has 2 heteroatoms. The molecule has 0 atom stereocenters. The molecule has 0 heterocycles. The van der Waals surface area contributed by atoms with Crippen LogP contribution in [-0.4, -0.2) is 10.5 Å². The Morgan fingerprint density at radius 2 is 2.33 bits per heavy atom. The van der Waals surface area contributed by atoms with Gasteiger partial charge in [0.25, 0.3) is 5.71 Å². The maximum absolute atomic E-state index is 7.92. The molecule has 2 nitrogen and oxygen atoms in total. The Bertz CT molecular complexity index is 79.5. The van der Waals surface area contributed by atoms with Gasteiger partial charge in [0.1, 0.15) is 0 Å². The van der Waals surface area contributed by atoms with E-state index in [1.807, 2.05) is 6.92 Å². The lowest BCUT2D eigenvalue weighted by atomic mass is 10.3. The molecular weight excluding hydrogens is 76.1 g/mol. The summed E-state index contributed by atoms with van der Waals surface area (Å²) in [6, 6.07) is 0. The fourth-order valence-corrected chi connectivity index (χ4v) is 0.0707. The van der Waals surface area contributed by atoms with Crippen molar-refractivity contribution in [2.45, 2.75) is 20.3 Å². The zero-order chi connectivity index (χ0) is 4.99. The van der Waals surface area contributed by atoms with Gasteiger partial charge in [-0.15, -0.1) is 0 Å². The lowest BCUT2D eigenvalue weighted by Crippen LogP contribution is -1.85. The highest BCUT2D eigenvalue weighted by Gasteiger charge is 1.86. The monoisotopic (exact) mass is 84.1 g/mol. The van der Waals surface area contributed by atoms with Crippen molar-refractivity contribution in [1.82, 2.24) is 0 Å². The van der Waals surface area contributed by atoms with Crippen LogP contribution in [0, 0.1) is 0 Å². The molecule has 0 aromatic heterocycles. The SMILES string of the molecule is CCC(C)=[N+]=[N-]. The van der Waals surface area contributed by atoms with Crippen LogP contribution in [0.4, 0.5) is 0 Å². The van der Waals surface area contributed by atoms with E-state index in [1.165, 1.54) is 0 Å². The van der Waals surface area contributed by atoms with E-state index < -0.39 is 0 Å². The third-order valence-electron chi connectivity index (χ3n) is 0.682. The molecule has 0 aliphatic carbocycles. The van der Waals surface area contributed by atoms with Gasteiger partial charge in [0.05, 0.1) is 0 Å². The van der Waals surface area contributed by atoms with Crippen molar-refractivity contribution in [1.29, 1.82) is 0 Å². The van der Waals surface area contributed by atoms with Crippen molar-refractivity contribution in [2.24, 2.45) is 0 Å². The summed E-state index contributed by atoms with van der Waals surface area (Å²) in [5.41, 5.74) is 8.70. The lowest BCUT2D eigenvalue weighted by Gasteiger charge is -1.67. The molecule has 0 aromatic rings. The predicted molar refractivity (Wildman–Crippen MR) is 24.6 cm³/mol. The third-order valence-corrected chi connectivity index (χ3v) is 0.682. The van der Waals surface area contributed by atoms with Crippen molar-refractivity contribution in [3.8, 4) is 0 Å². The average Bonchev–Trinajstić information content (AvgIpc) is 1.65. The number of nitrogens with zero attached hydrogens (tertiary/aromatic N) is 2. The van der Waals surface area contributed by atoms with Crippen molar-refractivity contribution in [3.63, 3.8) is 0 Å². The van der Waals surface area contributed by atoms with Gasteiger partial charge in [-0.25, -0.2) is 0 Å². The van der Waals surface area contributed by atoms with Crippen LogP contribution in [-0.2, 0) is 0 Å². The van der Waals surface area contributed by atoms with Crippen LogP contribution in [0.1, 0.15) is 20.3 Å². The molecule has 0 fully saturated rings. The number of hydrogen-bond acceptors (Lipinski definition) is 0. The molecule has 0 aromatic carbocycles. The fourth-order valence-electron chi connectivity index (χ4n) is 0.0707. The van der Waals surface area contributed by atoms with Gasteiger partial charge >= 0.3 is 0 Å². The van der Waals surface area contributed by atoms with Gasteiger partial charge < -0.3 is 5.53 Å². The van der Waals surface area contributed by atoms with Crippen LogP contribution in [0.5, 0.6) is 0 Å². The first-order chi connectivity index (χ1) is 2.81. The highest BCUT2D eigenvalue weighted by molar-refractivity contribution is 5.75. The summed E-state index contributed by atoms with van der Waals surface area (Å²) < 4.78 is 0. The quantitative estimate of drug-likeness (QED) is 0.259.